The van der Waals surface area contributed by atoms with E-state index in [1.54, 1.807) is 12.1 Å². The topological polar surface area (TPSA) is 0 Å². The molecule has 0 saturated carbocycles. The van der Waals surface area contributed by atoms with E-state index in [-0.39, 0.29) is 0 Å². The summed E-state index contributed by atoms with van der Waals surface area (Å²) in [6, 6.07) is 6.45. The van der Waals surface area contributed by atoms with Gasteiger partial charge in [0, 0.05) is 5.33 Å². The first kappa shape index (κ1) is 11.6. The molecule has 0 heterocycles. The van der Waals surface area contributed by atoms with Crippen LogP contribution in [0.1, 0.15) is 24.0 Å². The Bertz CT molecular complexity index is 289. The molecule has 14 heavy (non-hydrogen) atoms. The third-order valence-electron chi connectivity index (χ3n) is 2.13. The predicted octanol–water partition coefficient (Wildman–Crippen LogP) is 4.25. The van der Waals surface area contributed by atoms with E-state index in [9.17, 15) is 13.2 Å². The fourth-order valence-corrected chi connectivity index (χ4v) is 1.46. The summed E-state index contributed by atoms with van der Waals surface area (Å²) in [4.78, 5) is 0. The van der Waals surface area contributed by atoms with Crippen molar-refractivity contribution in [3.63, 3.8) is 0 Å². The van der Waals surface area contributed by atoms with Gasteiger partial charge in [0.25, 0.3) is 0 Å². The van der Waals surface area contributed by atoms with Crippen molar-refractivity contribution in [1.82, 2.24) is 0 Å². The van der Waals surface area contributed by atoms with Gasteiger partial charge in [-0.1, -0.05) is 40.2 Å². The van der Waals surface area contributed by atoms with Gasteiger partial charge in [-0.05, 0) is 18.1 Å². The molecule has 1 atom stereocenters. The van der Waals surface area contributed by atoms with Crippen LogP contribution in [0.2, 0.25) is 0 Å². The summed E-state index contributed by atoms with van der Waals surface area (Å²) >= 11 is 3.24. The molecule has 0 aliphatic rings. The van der Waals surface area contributed by atoms with Crippen molar-refractivity contribution in [2.24, 2.45) is 0 Å². The van der Waals surface area contributed by atoms with Crippen LogP contribution in [0.25, 0.3) is 0 Å². The van der Waals surface area contributed by atoms with Gasteiger partial charge in [-0.25, -0.2) is 0 Å². The summed E-state index contributed by atoms with van der Waals surface area (Å²) in [5.74, 6) is -1.40. The van der Waals surface area contributed by atoms with Crippen molar-refractivity contribution in [3.05, 3.63) is 35.4 Å². The van der Waals surface area contributed by atoms with Crippen LogP contribution in [0.5, 0.6) is 0 Å². The first-order valence-corrected chi connectivity index (χ1v) is 5.29. The Morgan fingerprint density at radius 1 is 1.21 bits per heavy atom. The van der Waals surface area contributed by atoms with Gasteiger partial charge in [0.05, 0.1) is 5.92 Å². The molecule has 1 rings (SSSR count). The Morgan fingerprint density at radius 2 is 1.71 bits per heavy atom. The van der Waals surface area contributed by atoms with Gasteiger partial charge in [-0.15, -0.1) is 0 Å². The second-order valence-corrected chi connectivity index (χ2v) is 3.70. The molecule has 4 heteroatoms. The van der Waals surface area contributed by atoms with Crippen LogP contribution in [0.15, 0.2) is 24.3 Å². The van der Waals surface area contributed by atoms with Crippen molar-refractivity contribution in [1.29, 1.82) is 0 Å². The lowest BCUT2D eigenvalue weighted by Crippen LogP contribution is -2.17. The maximum atomic E-state index is 12.3. The third-order valence-corrected chi connectivity index (χ3v) is 2.77. The highest BCUT2D eigenvalue weighted by molar-refractivity contribution is 9.08. The fraction of sp³-hybridized carbons (Fsp3) is 0.400. The van der Waals surface area contributed by atoms with Gasteiger partial charge < -0.3 is 0 Å². The highest BCUT2D eigenvalue weighted by atomic mass is 79.9. The second-order valence-electron chi connectivity index (χ2n) is 3.14. The summed E-state index contributed by atoms with van der Waals surface area (Å²) in [5.41, 5.74) is 1.28. The molecule has 0 saturated heterocycles. The molecule has 0 spiro atoms. The van der Waals surface area contributed by atoms with Gasteiger partial charge in [0.15, 0.2) is 0 Å². The number of rotatable bonds is 2. The lowest BCUT2D eigenvalue weighted by molar-refractivity contribution is -0.146. The van der Waals surface area contributed by atoms with E-state index in [1.807, 2.05) is 0 Å². The zero-order valence-electron chi connectivity index (χ0n) is 7.61. The summed E-state index contributed by atoms with van der Waals surface area (Å²) in [5, 5.41) is 0.660. The van der Waals surface area contributed by atoms with Crippen LogP contribution in [0, 0.1) is 0 Å². The molecule has 0 unspecified atom stereocenters. The molecular weight excluding hydrogens is 257 g/mol. The summed E-state index contributed by atoms with van der Waals surface area (Å²) in [7, 11) is 0. The summed E-state index contributed by atoms with van der Waals surface area (Å²) < 4.78 is 36.9. The molecule has 1 aromatic rings. The Balaban J connectivity index is 2.87. The highest BCUT2D eigenvalue weighted by Crippen LogP contribution is 2.34. The van der Waals surface area contributed by atoms with Gasteiger partial charge in [-0.3, -0.25) is 0 Å². The van der Waals surface area contributed by atoms with Crippen molar-refractivity contribution in [3.8, 4) is 0 Å². The average Bonchev–Trinajstić information content (AvgIpc) is 2.15. The van der Waals surface area contributed by atoms with E-state index in [2.05, 4.69) is 15.9 Å². The smallest absolute Gasteiger partial charge is 0.170 e. The maximum Gasteiger partial charge on any atom is 0.395 e. The molecule has 0 aliphatic carbocycles. The molecular formula is C10H10BrF3. The molecule has 78 valence electrons. The number of halogens is 4. The van der Waals surface area contributed by atoms with E-state index >= 15 is 0 Å². The minimum atomic E-state index is -4.16. The van der Waals surface area contributed by atoms with Crippen LogP contribution in [-0.4, -0.2) is 6.18 Å². The standard InChI is InChI=1S/C10H10BrF3/c1-7(10(12,13)14)9-4-2-8(6-11)3-5-9/h2-5,7H,6H2,1H3/t7-/m0/s1. The number of hydrogen-bond donors (Lipinski definition) is 0. The molecule has 0 nitrogen and oxygen atoms in total. The average molecular weight is 267 g/mol. The van der Waals surface area contributed by atoms with Crippen LogP contribution < -0.4 is 0 Å². The Labute approximate surface area is 89.3 Å². The molecule has 0 N–H and O–H groups in total. The lowest BCUT2D eigenvalue weighted by Gasteiger charge is -2.15. The Morgan fingerprint density at radius 3 is 2.07 bits per heavy atom. The normalized spacial score (nSPS) is 14.1. The van der Waals surface area contributed by atoms with Crippen molar-refractivity contribution >= 4 is 15.9 Å². The molecule has 0 aromatic heterocycles. The van der Waals surface area contributed by atoms with Gasteiger partial charge in [-0.2, -0.15) is 13.2 Å². The van der Waals surface area contributed by atoms with E-state index in [0.717, 1.165) is 5.56 Å². The highest BCUT2D eigenvalue weighted by Gasteiger charge is 2.36. The first-order chi connectivity index (χ1) is 6.45. The number of alkyl halides is 4. The van der Waals surface area contributed by atoms with Gasteiger partial charge >= 0.3 is 6.18 Å². The van der Waals surface area contributed by atoms with E-state index in [0.29, 0.717) is 10.9 Å². The fourth-order valence-electron chi connectivity index (χ4n) is 1.08. The van der Waals surface area contributed by atoms with Crippen LogP contribution >= 0.6 is 15.9 Å². The van der Waals surface area contributed by atoms with Gasteiger partial charge in [0.2, 0.25) is 0 Å². The number of benzene rings is 1. The predicted molar refractivity (Wildman–Crippen MR) is 53.5 cm³/mol. The largest absolute Gasteiger partial charge is 0.395 e. The van der Waals surface area contributed by atoms with E-state index in [1.165, 1.54) is 19.1 Å². The minimum Gasteiger partial charge on any atom is -0.170 e. The van der Waals surface area contributed by atoms with Gasteiger partial charge in [0.1, 0.15) is 0 Å². The SMILES string of the molecule is C[C@@H](c1ccc(CBr)cc1)C(F)(F)F. The van der Waals surface area contributed by atoms with E-state index < -0.39 is 12.1 Å². The minimum absolute atomic E-state index is 0.308. The quantitative estimate of drug-likeness (QED) is 0.703. The molecule has 0 radical (unpaired) electrons. The summed E-state index contributed by atoms with van der Waals surface area (Å²) in [6.07, 6.45) is -4.16. The third kappa shape index (κ3) is 2.74. The molecule has 0 fully saturated rings. The van der Waals surface area contributed by atoms with Crippen LogP contribution in [0.3, 0.4) is 0 Å². The second kappa shape index (κ2) is 4.34. The molecule has 0 amide bonds. The van der Waals surface area contributed by atoms with Crippen LogP contribution in [-0.2, 0) is 5.33 Å². The molecule has 0 aliphatic heterocycles. The Kier molecular flexibility index (Phi) is 3.59. The maximum absolute atomic E-state index is 12.3. The Hall–Kier alpha value is -0.510. The van der Waals surface area contributed by atoms with Crippen molar-refractivity contribution in [2.75, 3.05) is 0 Å². The molecule has 1 aromatic carbocycles. The monoisotopic (exact) mass is 266 g/mol. The van der Waals surface area contributed by atoms with Crippen molar-refractivity contribution in [2.45, 2.75) is 24.3 Å². The zero-order chi connectivity index (χ0) is 10.8. The molecule has 0 bridgehead atoms. The number of hydrogen-bond acceptors (Lipinski definition) is 0. The van der Waals surface area contributed by atoms with Crippen LogP contribution in [0.4, 0.5) is 13.2 Å². The van der Waals surface area contributed by atoms with Crippen molar-refractivity contribution < 1.29 is 13.2 Å². The van der Waals surface area contributed by atoms with E-state index in [4.69, 9.17) is 0 Å². The first-order valence-electron chi connectivity index (χ1n) is 4.16. The summed E-state index contributed by atoms with van der Waals surface area (Å²) in [6.45, 7) is 1.17. The zero-order valence-corrected chi connectivity index (χ0v) is 9.19. The lowest BCUT2D eigenvalue weighted by atomic mass is 10.00.